The maximum Gasteiger partial charge on any atom is 0.122 e. The molecule has 2 rings (SSSR count). The van der Waals surface area contributed by atoms with Gasteiger partial charge in [-0.25, -0.2) is 0 Å². The van der Waals surface area contributed by atoms with E-state index in [1.54, 1.807) is 0 Å². The lowest BCUT2D eigenvalue weighted by molar-refractivity contribution is 0.303. The lowest BCUT2D eigenvalue weighted by Gasteiger charge is -2.15. The number of hydrogen-bond donors (Lipinski definition) is 0. The average Bonchev–Trinajstić information content (AvgIpc) is 2.87. The highest BCUT2D eigenvalue weighted by atomic mass is 16.5. The molecule has 76 valence electrons. The lowest BCUT2D eigenvalue weighted by Crippen LogP contribution is -2.09. The zero-order valence-corrected chi connectivity index (χ0v) is 9.08. The zero-order chi connectivity index (χ0) is 10.1. The summed E-state index contributed by atoms with van der Waals surface area (Å²) in [4.78, 5) is 2.10. The molecule has 0 heterocycles. The van der Waals surface area contributed by atoms with Gasteiger partial charge in [0.25, 0.3) is 0 Å². The second-order valence-electron chi connectivity index (χ2n) is 4.22. The molecular weight excluding hydrogens is 174 g/mol. The van der Waals surface area contributed by atoms with Crippen LogP contribution < -0.4 is 9.64 Å². The molecular formula is C12H17NO. The number of ether oxygens (including phenoxy) is 1. The molecule has 1 saturated carbocycles. The monoisotopic (exact) mass is 191 g/mol. The third kappa shape index (κ3) is 2.19. The van der Waals surface area contributed by atoms with Crippen molar-refractivity contribution in [3.05, 3.63) is 23.8 Å². The third-order valence-electron chi connectivity index (χ3n) is 2.38. The first-order chi connectivity index (χ1) is 6.65. The van der Waals surface area contributed by atoms with Gasteiger partial charge in [-0.15, -0.1) is 0 Å². The number of anilines is 1. The normalized spacial score (nSPS) is 15.4. The van der Waals surface area contributed by atoms with Crippen LogP contribution in [-0.4, -0.2) is 20.2 Å². The summed E-state index contributed by atoms with van der Waals surface area (Å²) in [5, 5.41) is 0. The van der Waals surface area contributed by atoms with Crippen molar-refractivity contribution in [3.8, 4) is 5.75 Å². The average molecular weight is 191 g/mol. The molecule has 0 radical (unpaired) electrons. The molecule has 0 unspecified atom stereocenters. The minimum Gasteiger partial charge on any atom is -0.490 e. The highest BCUT2D eigenvalue weighted by Crippen LogP contribution is 2.29. The smallest absolute Gasteiger partial charge is 0.122 e. The fourth-order valence-electron chi connectivity index (χ4n) is 1.43. The zero-order valence-electron chi connectivity index (χ0n) is 9.08. The second-order valence-corrected chi connectivity index (χ2v) is 4.22. The number of hydrogen-bond acceptors (Lipinski definition) is 2. The van der Waals surface area contributed by atoms with Gasteiger partial charge in [-0.3, -0.25) is 0 Å². The number of benzene rings is 1. The molecule has 0 aliphatic heterocycles. The van der Waals surface area contributed by atoms with E-state index in [1.807, 2.05) is 0 Å². The van der Waals surface area contributed by atoms with Crippen molar-refractivity contribution in [2.24, 2.45) is 0 Å². The molecule has 2 heteroatoms. The van der Waals surface area contributed by atoms with E-state index < -0.39 is 0 Å². The third-order valence-corrected chi connectivity index (χ3v) is 2.38. The van der Waals surface area contributed by atoms with Gasteiger partial charge in [0.2, 0.25) is 0 Å². The molecule has 1 aliphatic carbocycles. The number of nitrogens with zero attached hydrogens (tertiary/aromatic N) is 1. The molecule has 0 spiro atoms. The van der Waals surface area contributed by atoms with E-state index in [0.717, 1.165) is 5.75 Å². The van der Waals surface area contributed by atoms with Gasteiger partial charge in [0.1, 0.15) is 5.75 Å². The lowest BCUT2D eigenvalue weighted by atomic mass is 10.2. The van der Waals surface area contributed by atoms with Crippen molar-refractivity contribution >= 4 is 5.69 Å². The Labute approximate surface area is 85.5 Å². The summed E-state index contributed by atoms with van der Waals surface area (Å²) in [5.41, 5.74) is 2.47. The summed E-state index contributed by atoms with van der Waals surface area (Å²) in [6.45, 7) is 2.10. The van der Waals surface area contributed by atoms with E-state index in [9.17, 15) is 0 Å². The second kappa shape index (κ2) is 3.52. The predicted octanol–water partition coefficient (Wildman–Crippen LogP) is 2.60. The van der Waals surface area contributed by atoms with Crippen molar-refractivity contribution in [1.29, 1.82) is 0 Å². The molecule has 1 aromatic carbocycles. The van der Waals surface area contributed by atoms with Gasteiger partial charge in [0.05, 0.1) is 6.10 Å². The Morgan fingerprint density at radius 3 is 2.50 bits per heavy atom. The van der Waals surface area contributed by atoms with Gasteiger partial charge in [-0.1, -0.05) is 0 Å². The standard InChI is InChI=1S/C12H17NO/c1-9-6-10(13(2)3)8-12(7-9)14-11-4-5-11/h6-8,11H,4-5H2,1-3H3. The topological polar surface area (TPSA) is 12.5 Å². The van der Waals surface area contributed by atoms with Crippen molar-refractivity contribution in [2.75, 3.05) is 19.0 Å². The van der Waals surface area contributed by atoms with Gasteiger partial charge < -0.3 is 9.64 Å². The van der Waals surface area contributed by atoms with Gasteiger partial charge in [0.15, 0.2) is 0 Å². The van der Waals surface area contributed by atoms with E-state index in [4.69, 9.17) is 4.74 Å². The van der Waals surface area contributed by atoms with Crippen LogP contribution in [0, 0.1) is 6.92 Å². The van der Waals surface area contributed by atoms with E-state index in [1.165, 1.54) is 24.1 Å². The number of aryl methyl sites for hydroxylation is 1. The van der Waals surface area contributed by atoms with Crippen LogP contribution in [0.1, 0.15) is 18.4 Å². The summed E-state index contributed by atoms with van der Waals surface area (Å²) >= 11 is 0. The van der Waals surface area contributed by atoms with Crippen LogP contribution >= 0.6 is 0 Å². The summed E-state index contributed by atoms with van der Waals surface area (Å²) in [7, 11) is 4.10. The van der Waals surface area contributed by atoms with Crippen molar-refractivity contribution in [2.45, 2.75) is 25.9 Å². The fraction of sp³-hybridized carbons (Fsp3) is 0.500. The molecule has 0 amide bonds. The Morgan fingerprint density at radius 2 is 1.93 bits per heavy atom. The first-order valence-electron chi connectivity index (χ1n) is 5.11. The summed E-state index contributed by atoms with van der Waals surface area (Å²) in [5.74, 6) is 1.01. The molecule has 1 fully saturated rings. The Morgan fingerprint density at radius 1 is 1.21 bits per heavy atom. The maximum atomic E-state index is 5.77. The van der Waals surface area contributed by atoms with Crippen LogP contribution in [0.5, 0.6) is 5.75 Å². The minimum atomic E-state index is 0.479. The molecule has 0 saturated heterocycles. The highest BCUT2D eigenvalue weighted by molar-refractivity contribution is 5.52. The van der Waals surface area contributed by atoms with Gasteiger partial charge in [-0.2, -0.15) is 0 Å². The highest BCUT2D eigenvalue weighted by Gasteiger charge is 2.23. The van der Waals surface area contributed by atoms with Crippen LogP contribution in [0.2, 0.25) is 0 Å². The van der Waals surface area contributed by atoms with Crippen LogP contribution in [0.25, 0.3) is 0 Å². The molecule has 0 bridgehead atoms. The Kier molecular flexibility index (Phi) is 2.36. The molecule has 0 N–H and O–H groups in total. The van der Waals surface area contributed by atoms with Crippen LogP contribution in [0.15, 0.2) is 18.2 Å². The Bertz CT molecular complexity index is 329. The molecule has 14 heavy (non-hydrogen) atoms. The fourth-order valence-corrected chi connectivity index (χ4v) is 1.43. The summed E-state index contributed by atoms with van der Waals surface area (Å²) in [6.07, 6.45) is 2.91. The number of rotatable bonds is 3. The van der Waals surface area contributed by atoms with E-state index >= 15 is 0 Å². The van der Waals surface area contributed by atoms with E-state index in [-0.39, 0.29) is 0 Å². The van der Waals surface area contributed by atoms with Gasteiger partial charge in [-0.05, 0) is 37.5 Å². The SMILES string of the molecule is Cc1cc(OC2CC2)cc(N(C)C)c1. The van der Waals surface area contributed by atoms with Crippen molar-refractivity contribution in [3.63, 3.8) is 0 Å². The quantitative estimate of drug-likeness (QED) is 0.728. The van der Waals surface area contributed by atoms with Crippen LogP contribution in [0.4, 0.5) is 5.69 Å². The Hall–Kier alpha value is -1.18. The summed E-state index contributed by atoms with van der Waals surface area (Å²) < 4.78 is 5.77. The van der Waals surface area contributed by atoms with E-state index in [2.05, 4.69) is 44.1 Å². The predicted molar refractivity (Wildman–Crippen MR) is 59.2 cm³/mol. The van der Waals surface area contributed by atoms with Crippen LogP contribution in [0.3, 0.4) is 0 Å². The van der Waals surface area contributed by atoms with E-state index in [0.29, 0.717) is 6.10 Å². The first-order valence-corrected chi connectivity index (χ1v) is 5.11. The van der Waals surface area contributed by atoms with Gasteiger partial charge >= 0.3 is 0 Å². The molecule has 0 atom stereocenters. The summed E-state index contributed by atoms with van der Waals surface area (Å²) in [6, 6.07) is 6.37. The molecule has 1 aromatic rings. The first kappa shape index (κ1) is 9.38. The largest absolute Gasteiger partial charge is 0.490 e. The van der Waals surface area contributed by atoms with Crippen molar-refractivity contribution < 1.29 is 4.74 Å². The van der Waals surface area contributed by atoms with Crippen LogP contribution in [-0.2, 0) is 0 Å². The molecule has 2 nitrogen and oxygen atoms in total. The Balaban J connectivity index is 2.21. The molecule has 1 aliphatic rings. The minimum absolute atomic E-state index is 0.479. The van der Waals surface area contributed by atoms with Crippen molar-refractivity contribution in [1.82, 2.24) is 0 Å². The van der Waals surface area contributed by atoms with Gasteiger partial charge in [0, 0.05) is 25.8 Å². The molecule has 0 aromatic heterocycles. The maximum absolute atomic E-state index is 5.77.